The highest BCUT2D eigenvalue weighted by Gasteiger charge is 2.22. The second kappa shape index (κ2) is 9.33. The topological polar surface area (TPSA) is 59.2 Å². The molecule has 0 atom stereocenters. The van der Waals surface area contributed by atoms with Gasteiger partial charge in [0.05, 0.1) is 34.4 Å². The van der Waals surface area contributed by atoms with Gasteiger partial charge in [-0.05, 0) is 59.3 Å². The number of hydrogen-bond donors (Lipinski definition) is 2. The number of aromatic nitrogens is 2. The van der Waals surface area contributed by atoms with E-state index in [-0.39, 0.29) is 12.5 Å². The van der Waals surface area contributed by atoms with Crippen molar-refractivity contribution in [3.05, 3.63) is 132 Å². The molecule has 6 aromatic carbocycles. The highest BCUT2D eigenvalue weighted by atomic mass is 16.3. The summed E-state index contributed by atoms with van der Waals surface area (Å²) in [6, 6.07) is 42.0. The van der Waals surface area contributed by atoms with Crippen LogP contribution in [0.25, 0.3) is 65.8 Å². The molecule has 0 fully saturated rings. The number of fused-ring (bicyclic) bond motifs is 8. The van der Waals surface area contributed by atoms with Crippen LogP contribution in [0, 0.1) is 0 Å². The Balaban J connectivity index is 1.52. The van der Waals surface area contributed by atoms with Gasteiger partial charge in [0.2, 0.25) is 0 Å². The Morgan fingerprint density at radius 1 is 0.643 bits per heavy atom. The van der Waals surface area contributed by atoms with Crippen LogP contribution in [-0.4, -0.2) is 27.2 Å². The smallest absolute Gasteiger partial charge is 0.251 e. The lowest BCUT2D eigenvalue weighted by molar-refractivity contribution is 0.0960. The van der Waals surface area contributed by atoms with Crippen molar-refractivity contribution >= 4 is 60.3 Å². The van der Waals surface area contributed by atoms with Crippen LogP contribution in [0.5, 0.6) is 0 Å². The van der Waals surface area contributed by atoms with Crippen molar-refractivity contribution in [2.24, 2.45) is 0 Å². The van der Waals surface area contributed by atoms with E-state index < -0.39 is 0 Å². The molecule has 42 heavy (non-hydrogen) atoms. The molecular weight excluding hydrogens is 518 g/mol. The first-order chi connectivity index (χ1) is 20.7. The van der Waals surface area contributed by atoms with E-state index >= 15 is 0 Å². The van der Waals surface area contributed by atoms with E-state index in [0.29, 0.717) is 11.1 Å². The van der Waals surface area contributed by atoms with Crippen LogP contribution < -0.4 is 5.32 Å². The van der Waals surface area contributed by atoms with Gasteiger partial charge in [0.25, 0.3) is 5.91 Å². The molecule has 5 nitrogen and oxygen atoms in total. The zero-order valence-corrected chi connectivity index (χ0v) is 23.0. The molecule has 0 unspecified atom stereocenters. The molecule has 8 aromatic rings. The summed E-state index contributed by atoms with van der Waals surface area (Å²) in [7, 11) is 1.61. The van der Waals surface area contributed by atoms with Crippen molar-refractivity contribution in [3.63, 3.8) is 0 Å². The fourth-order valence-electron chi connectivity index (χ4n) is 6.67. The minimum atomic E-state index is -0.254. The van der Waals surface area contributed by atoms with Crippen LogP contribution in [-0.2, 0) is 6.61 Å². The number of amides is 1. The number of nitrogens with one attached hydrogen (secondary N) is 1. The first kappa shape index (κ1) is 24.4. The molecule has 0 saturated heterocycles. The predicted molar refractivity (Wildman–Crippen MR) is 172 cm³/mol. The Hall–Kier alpha value is -5.39. The standard InChI is InChI=1S/C37H27N3O2/c1-38-37(42)26-13-8-16-32(29(26)22-41)40-31-15-7-5-12-28(31)36-34(40)20-19-33-35(36)27-11-4-6-14-30(27)39(33)25-18-17-23-9-2-3-10-24(23)21-25/h2-21,41H,22H2,1H3,(H,38,42). The number of para-hydroxylation sites is 2. The van der Waals surface area contributed by atoms with Gasteiger partial charge in [-0.2, -0.15) is 0 Å². The van der Waals surface area contributed by atoms with Crippen molar-refractivity contribution in [1.82, 2.24) is 14.5 Å². The van der Waals surface area contributed by atoms with Crippen molar-refractivity contribution < 1.29 is 9.90 Å². The highest BCUT2D eigenvalue weighted by Crippen LogP contribution is 2.43. The lowest BCUT2D eigenvalue weighted by Crippen LogP contribution is -2.20. The molecule has 2 aromatic heterocycles. The van der Waals surface area contributed by atoms with Crippen LogP contribution in [0.15, 0.2) is 121 Å². The van der Waals surface area contributed by atoms with Crippen molar-refractivity contribution in [2.45, 2.75) is 6.61 Å². The summed E-state index contributed by atoms with van der Waals surface area (Å²) in [5, 5.41) is 20.3. The second-order valence-corrected chi connectivity index (χ2v) is 10.6. The van der Waals surface area contributed by atoms with Gasteiger partial charge in [0.1, 0.15) is 0 Å². The van der Waals surface area contributed by atoms with E-state index in [9.17, 15) is 9.90 Å². The molecule has 0 aliphatic rings. The van der Waals surface area contributed by atoms with Gasteiger partial charge in [0.15, 0.2) is 0 Å². The van der Waals surface area contributed by atoms with Gasteiger partial charge in [0, 0.05) is 45.4 Å². The molecule has 0 radical (unpaired) electrons. The van der Waals surface area contributed by atoms with E-state index in [1.807, 2.05) is 18.2 Å². The maximum absolute atomic E-state index is 12.7. The Bertz CT molecular complexity index is 2360. The SMILES string of the molecule is CNC(=O)c1cccc(-n2c3ccccc3c3c4c5ccccc5n(-c5ccc6ccccc6c5)c4ccc32)c1CO. The monoisotopic (exact) mass is 545 g/mol. The Morgan fingerprint density at radius 2 is 1.26 bits per heavy atom. The molecule has 2 heterocycles. The lowest BCUT2D eigenvalue weighted by atomic mass is 10.0. The summed E-state index contributed by atoms with van der Waals surface area (Å²) < 4.78 is 4.54. The number of carbonyl (C=O) groups excluding carboxylic acids is 1. The molecule has 5 heteroatoms. The average molecular weight is 546 g/mol. The van der Waals surface area contributed by atoms with Gasteiger partial charge in [-0.1, -0.05) is 72.8 Å². The first-order valence-corrected chi connectivity index (χ1v) is 14.1. The number of aliphatic hydroxyl groups excluding tert-OH is 1. The minimum Gasteiger partial charge on any atom is -0.392 e. The molecule has 8 rings (SSSR count). The zero-order chi connectivity index (χ0) is 28.4. The Labute approximate surface area is 241 Å². The minimum absolute atomic E-state index is 0.220. The largest absolute Gasteiger partial charge is 0.392 e. The van der Waals surface area contributed by atoms with E-state index in [2.05, 4.69) is 112 Å². The second-order valence-electron chi connectivity index (χ2n) is 10.6. The fourth-order valence-corrected chi connectivity index (χ4v) is 6.67. The van der Waals surface area contributed by atoms with Crippen LogP contribution in [0.1, 0.15) is 15.9 Å². The quantitative estimate of drug-likeness (QED) is 0.236. The van der Waals surface area contributed by atoms with Gasteiger partial charge in [-0.3, -0.25) is 4.79 Å². The maximum atomic E-state index is 12.7. The zero-order valence-electron chi connectivity index (χ0n) is 23.0. The maximum Gasteiger partial charge on any atom is 0.251 e. The normalized spacial score (nSPS) is 11.8. The Kier molecular flexibility index (Phi) is 5.42. The third-order valence-electron chi connectivity index (χ3n) is 8.48. The number of aliphatic hydroxyl groups is 1. The summed E-state index contributed by atoms with van der Waals surface area (Å²) in [5.74, 6) is -0.220. The fraction of sp³-hybridized carbons (Fsp3) is 0.0541. The number of carbonyl (C=O) groups is 1. The molecule has 2 N–H and O–H groups in total. The molecule has 0 spiro atoms. The summed E-state index contributed by atoms with van der Waals surface area (Å²) >= 11 is 0. The predicted octanol–water partition coefficient (Wildman–Crippen LogP) is 7.89. The molecular formula is C37H27N3O2. The van der Waals surface area contributed by atoms with Crippen LogP contribution in [0.3, 0.4) is 0 Å². The van der Waals surface area contributed by atoms with Crippen molar-refractivity contribution in [1.29, 1.82) is 0 Å². The summed E-state index contributed by atoms with van der Waals surface area (Å²) in [5.41, 5.74) is 7.29. The molecule has 0 aliphatic heterocycles. The number of hydrogen-bond acceptors (Lipinski definition) is 2. The number of rotatable bonds is 4. The van der Waals surface area contributed by atoms with Crippen LogP contribution >= 0.6 is 0 Å². The molecule has 0 bridgehead atoms. The number of benzene rings is 6. The van der Waals surface area contributed by atoms with E-state index in [4.69, 9.17) is 0 Å². The van der Waals surface area contributed by atoms with Crippen LogP contribution in [0.2, 0.25) is 0 Å². The molecule has 202 valence electrons. The van der Waals surface area contributed by atoms with E-state index in [0.717, 1.165) is 44.2 Å². The highest BCUT2D eigenvalue weighted by molar-refractivity contribution is 6.29. The first-order valence-electron chi connectivity index (χ1n) is 14.1. The molecule has 0 aliphatic carbocycles. The van der Waals surface area contributed by atoms with Gasteiger partial charge >= 0.3 is 0 Å². The third kappa shape index (κ3) is 3.38. The molecule has 0 saturated carbocycles. The summed E-state index contributed by atoms with van der Waals surface area (Å²) in [6.45, 7) is -0.254. The number of nitrogens with zero attached hydrogens (tertiary/aromatic N) is 2. The van der Waals surface area contributed by atoms with Crippen molar-refractivity contribution in [3.8, 4) is 11.4 Å². The van der Waals surface area contributed by atoms with Gasteiger partial charge < -0.3 is 19.6 Å². The van der Waals surface area contributed by atoms with Crippen LogP contribution in [0.4, 0.5) is 0 Å². The average Bonchev–Trinajstić information content (AvgIpc) is 3.56. The van der Waals surface area contributed by atoms with E-state index in [1.54, 1.807) is 13.1 Å². The Morgan fingerprint density at radius 3 is 1.95 bits per heavy atom. The summed E-state index contributed by atoms with van der Waals surface area (Å²) in [6.07, 6.45) is 0. The summed E-state index contributed by atoms with van der Waals surface area (Å²) in [4.78, 5) is 12.7. The van der Waals surface area contributed by atoms with Gasteiger partial charge in [-0.25, -0.2) is 0 Å². The van der Waals surface area contributed by atoms with Crippen molar-refractivity contribution in [2.75, 3.05) is 7.05 Å². The lowest BCUT2D eigenvalue weighted by Gasteiger charge is -2.15. The van der Waals surface area contributed by atoms with Gasteiger partial charge in [-0.15, -0.1) is 0 Å². The third-order valence-corrected chi connectivity index (χ3v) is 8.48. The van der Waals surface area contributed by atoms with E-state index in [1.165, 1.54) is 21.5 Å². The molecule has 1 amide bonds.